The number of esters is 1. The fourth-order valence-electron chi connectivity index (χ4n) is 0.734. The predicted molar refractivity (Wildman–Crippen MR) is 61.1 cm³/mol. The SMILES string of the molecule is COC(=O)/C=C\C(=O)Nc1nnc(S(N)(=O)=O)s1. The molecule has 1 rings (SSSR count). The number of carbonyl (C=O) groups excluding carboxylic acids is 2. The molecule has 1 aromatic rings. The molecule has 0 spiro atoms. The second kappa shape index (κ2) is 5.66. The fraction of sp³-hybridized carbons (Fsp3) is 0.143. The number of amides is 1. The van der Waals surface area contributed by atoms with Crippen LogP contribution in [0, 0.1) is 0 Å². The zero-order valence-electron chi connectivity index (χ0n) is 8.98. The Labute approximate surface area is 106 Å². The maximum atomic E-state index is 11.2. The van der Waals surface area contributed by atoms with Gasteiger partial charge in [-0.1, -0.05) is 11.3 Å². The molecule has 1 amide bonds. The van der Waals surface area contributed by atoms with Crippen molar-refractivity contribution in [2.45, 2.75) is 4.34 Å². The number of sulfonamides is 1. The van der Waals surface area contributed by atoms with Gasteiger partial charge in [-0.25, -0.2) is 18.4 Å². The Hall–Kier alpha value is -1.85. The van der Waals surface area contributed by atoms with Crippen molar-refractivity contribution < 1.29 is 22.7 Å². The first-order valence-electron chi connectivity index (χ1n) is 4.26. The highest BCUT2D eigenvalue weighted by molar-refractivity contribution is 7.91. The molecule has 3 N–H and O–H groups in total. The third-order valence-corrected chi connectivity index (χ3v) is 3.60. The minimum Gasteiger partial charge on any atom is -0.466 e. The number of rotatable bonds is 4. The molecule has 18 heavy (non-hydrogen) atoms. The highest BCUT2D eigenvalue weighted by Gasteiger charge is 2.15. The van der Waals surface area contributed by atoms with E-state index < -0.39 is 26.2 Å². The van der Waals surface area contributed by atoms with E-state index in [-0.39, 0.29) is 5.13 Å². The number of nitrogens with zero attached hydrogens (tertiary/aromatic N) is 2. The first kappa shape index (κ1) is 14.2. The van der Waals surface area contributed by atoms with E-state index in [1.165, 1.54) is 0 Å². The number of hydrogen-bond donors (Lipinski definition) is 2. The van der Waals surface area contributed by atoms with E-state index >= 15 is 0 Å². The fourth-order valence-corrected chi connectivity index (χ4v) is 2.07. The Morgan fingerprint density at radius 2 is 2.06 bits per heavy atom. The van der Waals surface area contributed by atoms with Crippen LogP contribution in [-0.4, -0.2) is 37.6 Å². The van der Waals surface area contributed by atoms with Crippen molar-refractivity contribution >= 4 is 38.4 Å². The normalized spacial score (nSPS) is 11.4. The maximum Gasteiger partial charge on any atom is 0.330 e. The van der Waals surface area contributed by atoms with Gasteiger partial charge in [0.05, 0.1) is 7.11 Å². The second-order valence-corrected chi connectivity index (χ2v) is 5.48. The van der Waals surface area contributed by atoms with Gasteiger partial charge in [0.15, 0.2) is 0 Å². The van der Waals surface area contributed by atoms with Crippen molar-refractivity contribution in [3.05, 3.63) is 12.2 Å². The van der Waals surface area contributed by atoms with Gasteiger partial charge in [-0.3, -0.25) is 10.1 Å². The van der Waals surface area contributed by atoms with Gasteiger partial charge < -0.3 is 4.74 Å². The minimum atomic E-state index is -3.95. The van der Waals surface area contributed by atoms with Gasteiger partial charge in [0, 0.05) is 12.2 Å². The molecular formula is C7H8N4O5S2. The summed E-state index contributed by atoms with van der Waals surface area (Å²) in [5.74, 6) is -1.38. The minimum absolute atomic E-state index is 0.0569. The average molecular weight is 292 g/mol. The van der Waals surface area contributed by atoms with Gasteiger partial charge in [-0.15, -0.1) is 10.2 Å². The van der Waals surface area contributed by atoms with E-state index in [4.69, 9.17) is 5.14 Å². The van der Waals surface area contributed by atoms with Gasteiger partial charge in [0.2, 0.25) is 15.4 Å². The van der Waals surface area contributed by atoms with E-state index in [9.17, 15) is 18.0 Å². The summed E-state index contributed by atoms with van der Waals surface area (Å²) in [4.78, 5) is 21.9. The summed E-state index contributed by atoms with van der Waals surface area (Å²) in [6.45, 7) is 0. The van der Waals surface area contributed by atoms with Crippen molar-refractivity contribution in [2.24, 2.45) is 5.14 Å². The van der Waals surface area contributed by atoms with Crippen molar-refractivity contribution in [1.82, 2.24) is 10.2 Å². The van der Waals surface area contributed by atoms with E-state index in [1.54, 1.807) is 0 Å². The van der Waals surface area contributed by atoms with Crippen molar-refractivity contribution in [1.29, 1.82) is 0 Å². The molecule has 0 fully saturated rings. The molecule has 1 aromatic heterocycles. The van der Waals surface area contributed by atoms with Crippen molar-refractivity contribution in [3.63, 3.8) is 0 Å². The summed E-state index contributed by atoms with van der Waals surface area (Å²) in [7, 11) is -2.79. The van der Waals surface area contributed by atoms with E-state index in [0.717, 1.165) is 19.3 Å². The molecule has 0 aromatic carbocycles. The molecular weight excluding hydrogens is 284 g/mol. The van der Waals surface area contributed by atoms with Crippen LogP contribution in [0.2, 0.25) is 0 Å². The average Bonchev–Trinajstić information content (AvgIpc) is 2.74. The van der Waals surface area contributed by atoms with Crippen LogP contribution in [0.5, 0.6) is 0 Å². The summed E-state index contributed by atoms with van der Waals surface area (Å²) in [5, 5.41) is 13.6. The number of primary sulfonamides is 1. The molecule has 0 aliphatic carbocycles. The quantitative estimate of drug-likeness (QED) is 0.405. The number of nitrogens with two attached hydrogens (primary N) is 1. The highest BCUT2D eigenvalue weighted by Crippen LogP contribution is 2.18. The monoisotopic (exact) mass is 292 g/mol. The molecule has 0 aliphatic rings. The molecule has 0 radical (unpaired) electrons. The summed E-state index contributed by atoms with van der Waals surface area (Å²) in [5.41, 5.74) is 0. The lowest BCUT2D eigenvalue weighted by Crippen LogP contribution is -2.11. The summed E-state index contributed by atoms with van der Waals surface area (Å²) in [6, 6.07) is 0. The number of aromatic nitrogens is 2. The topological polar surface area (TPSA) is 141 Å². The van der Waals surface area contributed by atoms with Crippen LogP contribution >= 0.6 is 11.3 Å². The van der Waals surface area contributed by atoms with E-state index in [0.29, 0.717) is 11.3 Å². The molecule has 11 heteroatoms. The summed E-state index contributed by atoms with van der Waals surface area (Å²) >= 11 is 0.591. The van der Waals surface area contributed by atoms with Gasteiger partial charge in [0.25, 0.3) is 10.0 Å². The van der Waals surface area contributed by atoms with Crippen LogP contribution in [0.3, 0.4) is 0 Å². The summed E-state index contributed by atoms with van der Waals surface area (Å²) < 4.78 is 25.6. The van der Waals surface area contributed by atoms with Crippen LogP contribution in [0.25, 0.3) is 0 Å². The number of methoxy groups -OCH3 is 1. The third-order valence-electron chi connectivity index (χ3n) is 1.45. The molecule has 0 saturated heterocycles. The van der Waals surface area contributed by atoms with Crippen molar-refractivity contribution in [2.75, 3.05) is 12.4 Å². The molecule has 0 aliphatic heterocycles. The first-order valence-corrected chi connectivity index (χ1v) is 6.62. The van der Waals surface area contributed by atoms with Crippen LogP contribution in [0.4, 0.5) is 5.13 Å². The number of carbonyl (C=O) groups is 2. The number of hydrogen-bond acceptors (Lipinski definition) is 8. The van der Waals surface area contributed by atoms with Crippen LogP contribution in [0.15, 0.2) is 16.5 Å². The maximum absolute atomic E-state index is 11.2. The number of anilines is 1. The predicted octanol–water partition coefficient (Wildman–Crippen LogP) is -1.15. The highest BCUT2D eigenvalue weighted by atomic mass is 32.2. The number of ether oxygens (including phenoxy) is 1. The van der Waals surface area contributed by atoms with E-state index in [1.807, 2.05) is 0 Å². The van der Waals surface area contributed by atoms with Gasteiger partial charge >= 0.3 is 5.97 Å². The molecule has 0 saturated carbocycles. The zero-order valence-corrected chi connectivity index (χ0v) is 10.6. The van der Waals surface area contributed by atoms with Gasteiger partial charge in [0.1, 0.15) is 0 Å². The molecule has 0 bridgehead atoms. The van der Waals surface area contributed by atoms with Crippen LogP contribution < -0.4 is 10.5 Å². The molecule has 1 heterocycles. The Kier molecular flexibility index (Phi) is 4.47. The first-order chi connectivity index (χ1) is 8.32. The smallest absolute Gasteiger partial charge is 0.330 e. The Morgan fingerprint density at radius 1 is 1.39 bits per heavy atom. The summed E-state index contributed by atoms with van der Waals surface area (Å²) in [6.07, 6.45) is 1.81. The van der Waals surface area contributed by atoms with Crippen molar-refractivity contribution in [3.8, 4) is 0 Å². The van der Waals surface area contributed by atoms with E-state index in [2.05, 4.69) is 20.3 Å². The number of nitrogens with one attached hydrogen (secondary N) is 1. The van der Waals surface area contributed by atoms with Crippen LogP contribution in [0.1, 0.15) is 0 Å². The van der Waals surface area contributed by atoms with Gasteiger partial charge in [-0.05, 0) is 0 Å². The molecule has 0 unspecified atom stereocenters. The van der Waals surface area contributed by atoms with Crippen LogP contribution in [-0.2, 0) is 24.3 Å². The lowest BCUT2D eigenvalue weighted by Gasteiger charge is -1.93. The van der Waals surface area contributed by atoms with Gasteiger partial charge in [-0.2, -0.15) is 0 Å². The lowest BCUT2D eigenvalue weighted by molar-refractivity contribution is -0.135. The molecule has 98 valence electrons. The Morgan fingerprint density at radius 3 is 2.56 bits per heavy atom. The Bertz CT molecular complexity index is 591. The standard InChI is InChI=1S/C7H8N4O5S2/c1-16-5(13)3-2-4(12)9-6-10-11-7(17-6)18(8,14)15/h2-3H,1H3,(H2,8,14,15)(H,9,10,12)/b3-2-. The second-order valence-electron chi connectivity index (χ2n) is 2.76. The zero-order chi connectivity index (χ0) is 13.8. The largest absolute Gasteiger partial charge is 0.466 e. The third kappa shape index (κ3) is 4.20. The Balaban J connectivity index is 2.69. The lowest BCUT2D eigenvalue weighted by atomic mass is 10.5. The molecule has 0 atom stereocenters. The molecule has 9 nitrogen and oxygen atoms in total.